The summed E-state index contributed by atoms with van der Waals surface area (Å²) in [5, 5.41) is 9.20. The van der Waals surface area contributed by atoms with Gasteiger partial charge in [0, 0.05) is 13.1 Å². The second-order valence-electron chi connectivity index (χ2n) is 3.73. The Morgan fingerprint density at radius 3 is 2.85 bits per heavy atom. The second-order valence-corrected chi connectivity index (χ2v) is 3.73. The van der Waals surface area contributed by atoms with Crippen molar-refractivity contribution in [3.05, 3.63) is 0 Å². The first-order chi connectivity index (χ1) is 6.00. The average Bonchev–Trinajstić information content (AvgIpc) is 1.98. The standard InChI is InChI=1S/C9H17NO3/c1-6(11)4-10-5-7(2)13-9(12)8(10)3/h6-8,11H,4-5H2,1-3H3. The Labute approximate surface area is 78.5 Å². The van der Waals surface area contributed by atoms with E-state index in [0.717, 1.165) is 0 Å². The molecular formula is C9H17NO3. The molecule has 4 heteroatoms. The number of aliphatic hydroxyl groups is 1. The van der Waals surface area contributed by atoms with Gasteiger partial charge in [0.25, 0.3) is 0 Å². The molecule has 1 saturated heterocycles. The maximum atomic E-state index is 11.3. The molecule has 0 bridgehead atoms. The lowest BCUT2D eigenvalue weighted by Gasteiger charge is -2.35. The van der Waals surface area contributed by atoms with E-state index in [0.29, 0.717) is 13.1 Å². The predicted molar refractivity (Wildman–Crippen MR) is 48.3 cm³/mol. The molecule has 76 valence electrons. The van der Waals surface area contributed by atoms with Crippen LogP contribution in [0.1, 0.15) is 20.8 Å². The Morgan fingerprint density at radius 1 is 1.69 bits per heavy atom. The minimum Gasteiger partial charge on any atom is -0.460 e. The summed E-state index contributed by atoms with van der Waals surface area (Å²) in [6.45, 7) is 6.62. The van der Waals surface area contributed by atoms with Gasteiger partial charge in [0.2, 0.25) is 0 Å². The summed E-state index contributed by atoms with van der Waals surface area (Å²) in [6, 6.07) is -0.231. The smallest absolute Gasteiger partial charge is 0.323 e. The highest BCUT2D eigenvalue weighted by Crippen LogP contribution is 2.12. The maximum absolute atomic E-state index is 11.3. The van der Waals surface area contributed by atoms with Crippen LogP contribution in [0.15, 0.2) is 0 Å². The lowest BCUT2D eigenvalue weighted by Crippen LogP contribution is -2.52. The molecule has 0 radical (unpaired) electrons. The molecule has 0 amide bonds. The Hall–Kier alpha value is -0.610. The van der Waals surface area contributed by atoms with Crippen molar-refractivity contribution < 1.29 is 14.6 Å². The number of carbonyl (C=O) groups is 1. The first-order valence-electron chi connectivity index (χ1n) is 4.63. The molecular weight excluding hydrogens is 170 g/mol. The molecule has 3 unspecified atom stereocenters. The molecule has 0 spiro atoms. The van der Waals surface area contributed by atoms with Crippen LogP contribution in [0.25, 0.3) is 0 Å². The number of ether oxygens (including phenoxy) is 1. The molecule has 1 aliphatic heterocycles. The van der Waals surface area contributed by atoms with Crippen LogP contribution >= 0.6 is 0 Å². The van der Waals surface area contributed by atoms with Crippen LogP contribution in [-0.2, 0) is 9.53 Å². The highest BCUT2D eigenvalue weighted by molar-refractivity contribution is 5.76. The van der Waals surface area contributed by atoms with Gasteiger partial charge in [-0.3, -0.25) is 9.69 Å². The van der Waals surface area contributed by atoms with Crippen LogP contribution in [0.4, 0.5) is 0 Å². The number of esters is 1. The number of β-amino-alcohol motifs (C(OH)–C–C–N with tert-alkyl or cyclic N) is 1. The fourth-order valence-electron chi connectivity index (χ4n) is 1.54. The number of aliphatic hydroxyl groups excluding tert-OH is 1. The molecule has 1 rings (SSSR count). The molecule has 0 aromatic rings. The average molecular weight is 187 g/mol. The van der Waals surface area contributed by atoms with Gasteiger partial charge in [-0.1, -0.05) is 0 Å². The predicted octanol–water partition coefficient (Wildman–Crippen LogP) is 0.00300. The van der Waals surface area contributed by atoms with E-state index in [2.05, 4.69) is 0 Å². The third-order valence-electron chi connectivity index (χ3n) is 2.20. The number of hydrogen-bond acceptors (Lipinski definition) is 4. The summed E-state index contributed by atoms with van der Waals surface area (Å²) in [6.07, 6.45) is -0.469. The van der Waals surface area contributed by atoms with Crippen LogP contribution in [0.2, 0.25) is 0 Å². The second kappa shape index (κ2) is 4.07. The molecule has 1 N–H and O–H groups in total. The monoisotopic (exact) mass is 187 g/mol. The van der Waals surface area contributed by atoms with E-state index in [1.54, 1.807) is 13.8 Å². The van der Waals surface area contributed by atoms with Gasteiger partial charge in [-0.05, 0) is 20.8 Å². The molecule has 0 aliphatic carbocycles. The fraction of sp³-hybridized carbons (Fsp3) is 0.889. The van der Waals surface area contributed by atoms with Crippen LogP contribution in [0, 0.1) is 0 Å². The van der Waals surface area contributed by atoms with Gasteiger partial charge in [0.15, 0.2) is 0 Å². The van der Waals surface area contributed by atoms with Crippen LogP contribution in [0.3, 0.4) is 0 Å². The largest absolute Gasteiger partial charge is 0.460 e. The number of carbonyl (C=O) groups excluding carboxylic acids is 1. The number of morpholine rings is 1. The molecule has 0 aromatic carbocycles. The van der Waals surface area contributed by atoms with Crippen LogP contribution in [-0.4, -0.2) is 47.3 Å². The summed E-state index contributed by atoms with van der Waals surface area (Å²) in [4.78, 5) is 13.2. The topological polar surface area (TPSA) is 49.8 Å². The van der Waals surface area contributed by atoms with Crippen molar-refractivity contribution in [1.29, 1.82) is 0 Å². The molecule has 13 heavy (non-hydrogen) atoms. The van der Waals surface area contributed by atoms with E-state index >= 15 is 0 Å². The lowest BCUT2D eigenvalue weighted by atomic mass is 10.2. The molecule has 0 saturated carbocycles. The van der Waals surface area contributed by atoms with Crippen LogP contribution < -0.4 is 0 Å². The van der Waals surface area contributed by atoms with Crippen LogP contribution in [0.5, 0.6) is 0 Å². The van der Waals surface area contributed by atoms with Gasteiger partial charge in [-0.25, -0.2) is 0 Å². The zero-order valence-corrected chi connectivity index (χ0v) is 8.36. The SMILES string of the molecule is CC(O)CN1CC(C)OC(=O)C1C. The van der Waals surface area contributed by atoms with E-state index < -0.39 is 6.10 Å². The normalized spacial score (nSPS) is 32.8. The Kier molecular flexibility index (Phi) is 3.27. The van der Waals surface area contributed by atoms with Crippen molar-refractivity contribution in [3.8, 4) is 0 Å². The molecule has 1 fully saturated rings. The zero-order valence-electron chi connectivity index (χ0n) is 8.36. The Balaban J connectivity index is 2.55. The van der Waals surface area contributed by atoms with E-state index in [1.165, 1.54) is 0 Å². The van der Waals surface area contributed by atoms with Crippen molar-refractivity contribution in [2.45, 2.75) is 39.0 Å². The lowest BCUT2D eigenvalue weighted by molar-refractivity contribution is -0.164. The molecule has 3 atom stereocenters. The third-order valence-corrected chi connectivity index (χ3v) is 2.20. The van der Waals surface area contributed by atoms with Crippen molar-refractivity contribution in [1.82, 2.24) is 4.90 Å². The Bertz CT molecular complexity index is 191. The molecule has 4 nitrogen and oxygen atoms in total. The summed E-state index contributed by atoms with van der Waals surface area (Å²) in [7, 11) is 0. The number of hydrogen-bond donors (Lipinski definition) is 1. The van der Waals surface area contributed by atoms with Crippen molar-refractivity contribution in [2.24, 2.45) is 0 Å². The summed E-state index contributed by atoms with van der Waals surface area (Å²) >= 11 is 0. The highest BCUT2D eigenvalue weighted by Gasteiger charge is 2.31. The van der Waals surface area contributed by atoms with Gasteiger partial charge in [0.05, 0.1) is 6.10 Å². The van der Waals surface area contributed by atoms with Crippen molar-refractivity contribution in [2.75, 3.05) is 13.1 Å². The van der Waals surface area contributed by atoms with E-state index in [9.17, 15) is 9.90 Å². The summed E-state index contributed by atoms with van der Waals surface area (Å²) in [5.74, 6) is -0.195. The van der Waals surface area contributed by atoms with Gasteiger partial charge in [-0.15, -0.1) is 0 Å². The first kappa shape index (κ1) is 10.5. The van der Waals surface area contributed by atoms with Gasteiger partial charge in [-0.2, -0.15) is 0 Å². The molecule has 1 aliphatic rings. The first-order valence-corrected chi connectivity index (χ1v) is 4.63. The number of rotatable bonds is 2. The molecule has 0 aromatic heterocycles. The molecule has 1 heterocycles. The van der Waals surface area contributed by atoms with Crippen molar-refractivity contribution in [3.63, 3.8) is 0 Å². The summed E-state index contributed by atoms with van der Waals surface area (Å²) in [5.41, 5.74) is 0. The van der Waals surface area contributed by atoms with E-state index in [1.807, 2.05) is 11.8 Å². The van der Waals surface area contributed by atoms with Gasteiger partial charge in [0.1, 0.15) is 12.1 Å². The minimum atomic E-state index is -0.402. The third kappa shape index (κ3) is 2.67. The van der Waals surface area contributed by atoms with Crippen molar-refractivity contribution >= 4 is 5.97 Å². The zero-order chi connectivity index (χ0) is 10.0. The van der Waals surface area contributed by atoms with E-state index in [-0.39, 0.29) is 18.1 Å². The summed E-state index contributed by atoms with van der Waals surface area (Å²) < 4.78 is 5.05. The number of cyclic esters (lactones) is 1. The van der Waals surface area contributed by atoms with Gasteiger partial charge < -0.3 is 9.84 Å². The fourth-order valence-corrected chi connectivity index (χ4v) is 1.54. The number of nitrogens with zero attached hydrogens (tertiary/aromatic N) is 1. The highest BCUT2D eigenvalue weighted by atomic mass is 16.5. The minimum absolute atomic E-state index is 0.0672. The van der Waals surface area contributed by atoms with E-state index in [4.69, 9.17) is 4.74 Å². The Morgan fingerprint density at radius 2 is 2.31 bits per heavy atom. The van der Waals surface area contributed by atoms with Gasteiger partial charge >= 0.3 is 5.97 Å². The maximum Gasteiger partial charge on any atom is 0.323 e. The quantitative estimate of drug-likeness (QED) is 0.618.